The van der Waals surface area contributed by atoms with Crippen LogP contribution in [-0.4, -0.2) is 51.1 Å². The van der Waals surface area contributed by atoms with Gasteiger partial charge in [0.05, 0.1) is 32.9 Å². The van der Waals surface area contributed by atoms with E-state index in [0.717, 1.165) is 5.56 Å². The number of ether oxygens (including phenoxy) is 3. The maximum Gasteiger partial charge on any atom is 0.253 e. The van der Waals surface area contributed by atoms with Crippen LogP contribution in [-0.2, 0) is 4.79 Å². The summed E-state index contributed by atoms with van der Waals surface area (Å²) in [4.78, 5) is 28.6. The topological polar surface area (TPSA) is 77.1 Å². The van der Waals surface area contributed by atoms with Gasteiger partial charge in [0.15, 0.2) is 0 Å². The zero-order chi connectivity index (χ0) is 24.8. The average Bonchev–Trinajstić information content (AvgIpc) is 2.93. The lowest BCUT2D eigenvalue weighted by molar-refractivity contribution is -0.121. The molecular weight excluding hydrogens is 444 g/mol. The molecule has 0 saturated carbocycles. The van der Waals surface area contributed by atoms with Crippen molar-refractivity contribution in [3.63, 3.8) is 0 Å². The van der Waals surface area contributed by atoms with E-state index in [1.807, 2.05) is 30.3 Å². The molecule has 7 nitrogen and oxygen atoms in total. The Labute approximate surface area is 205 Å². The standard InChI is InChI=1S/C28H30N2O5/c1-33-23-11-9-20(10-12-23)28(32)30-17-21(19-7-5-4-6-8-19)15-22(18-30)27(31)29-25-14-13-24(34-2)16-26(25)35-3/h4-14,16,21-22H,15,17-18H2,1-3H3,(H,29,31). The van der Waals surface area contributed by atoms with Gasteiger partial charge in [0.2, 0.25) is 5.91 Å². The van der Waals surface area contributed by atoms with E-state index in [-0.39, 0.29) is 23.7 Å². The zero-order valence-electron chi connectivity index (χ0n) is 20.2. The highest BCUT2D eigenvalue weighted by atomic mass is 16.5. The smallest absolute Gasteiger partial charge is 0.253 e. The van der Waals surface area contributed by atoms with Crippen LogP contribution in [0.4, 0.5) is 5.69 Å². The van der Waals surface area contributed by atoms with Crippen molar-refractivity contribution in [2.75, 3.05) is 39.7 Å². The number of hydrogen-bond donors (Lipinski definition) is 1. The quantitative estimate of drug-likeness (QED) is 0.542. The second-order valence-corrected chi connectivity index (χ2v) is 8.53. The predicted molar refractivity (Wildman–Crippen MR) is 134 cm³/mol. The summed E-state index contributed by atoms with van der Waals surface area (Å²) >= 11 is 0. The van der Waals surface area contributed by atoms with Crippen LogP contribution in [0.3, 0.4) is 0 Å². The number of anilines is 1. The third-order valence-electron chi connectivity index (χ3n) is 6.38. The summed E-state index contributed by atoms with van der Waals surface area (Å²) in [6, 6.07) is 22.3. The van der Waals surface area contributed by atoms with Crippen LogP contribution in [0.2, 0.25) is 0 Å². The van der Waals surface area contributed by atoms with Crippen LogP contribution < -0.4 is 19.5 Å². The number of likely N-dealkylation sites (tertiary alicyclic amines) is 1. The first-order chi connectivity index (χ1) is 17.0. The van der Waals surface area contributed by atoms with Crippen molar-refractivity contribution in [2.24, 2.45) is 5.92 Å². The molecule has 1 aliphatic heterocycles. The fourth-order valence-electron chi connectivity index (χ4n) is 4.47. The minimum atomic E-state index is -0.386. The summed E-state index contributed by atoms with van der Waals surface area (Å²) < 4.78 is 15.9. The number of nitrogens with one attached hydrogen (secondary N) is 1. The van der Waals surface area contributed by atoms with E-state index in [9.17, 15) is 9.59 Å². The monoisotopic (exact) mass is 474 g/mol. The Hall–Kier alpha value is -4.00. The molecule has 35 heavy (non-hydrogen) atoms. The van der Waals surface area contributed by atoms with Gasteiger partial charge < -0.3 is 24.4 Å². The number of amides is 2. The fourth-order valence-corrected chi connectivity index (χ4v) is 4.47. The maximum atomic E-state index is 13.4. The van der Waals surface area contributed by atoms with Crippen molar-refractivity contribution in [3.8, 4) is 17.2 Å². The zero-order valence-corrected chi connectivity index (χ0v) is 20.2. The van der Waals surface area contributed by atoms with E-state index < -0.39 is 0 Å². The van der Waals surface area contributed by atoms with Gasteiger partial charge in [-0.2, -0.15) is 0 Å². The average molecular weight is 475 g/mol. The minimum absolute atomic E-state index is 0.0423. The Kier molecular flexibility index (Phi) is 7.55. The number of methoxy groups -OCH3 is 3. The first kappa shape index (κ1) is 24.1. The molecule has 1 heterocycles. The van der Waals surface area contributed by atoms with Gasteiger partial charge in [0.1, 0.15) is 17.2 Å². The van der Waals surface area contributed by atoms with E-state index in [1.54, 1.807) is 68.7 Å². The molecule has 0 radical (unpaired) electrons. The Bertz CT molecular complexity index is 1160. The summed E-state index contributed by atoms with van der Waals surface area (Å²) in [7, 11) is 4.71. The van der Waals surface area contributed by atoms with Gasteiger partial charge >= 0.3 is 0 Å². The van der Waals surface area contributed by atoms with Crippen molar-refractivity contribution in [3.05, 3.63) is 83.9 Å². The van der Waals surface area contributed by atoms with E-state index in [2.05, 4.69) is 5.32 Å². The van der Waals surface area contributed by atoms with Crippen LogP contribution in [0.15, 0.2) is 72.8 Å². The SMILES string of the molecule is COc1ccc(C(=O)N2CC(C(=O)Nc3ccc(OC)cc3OC)CC(c3ccccc3)C2)cc1. The van der Waals surface area contributed by atoms with Crippen molar-refractivity contribution in [2.45, 2.75) is 12.3 Å². The van der Waals surface area contributed by atoms with Crippen LogP contribution in [0.1, 0.15) is 28.3 Å². The van der Waals surface area contributed by atoms with Crippen molar-refractivity contribution in [1.82, 2.24) is 4.90 Å². The Balaban J connectivity index is 1.58. The normalized spacial score (nSPS) is 17.4. The van der Waals surface area contributed by atoms with Crippen molar-refractivity contribution >= 4 is 17.5 Å². The molecule has 7 heteroatoms. The number of carbonyl (C=O) groups is 2. The van der Waals surface area contributed by atoms with Crippen molar-refractivity contribution in [1.29, 1.82) is 0 Å². The van der Waals surface area contributed by atoms with Gasteiger partial charge in [0, 0.05) is 30.6 Å². The molecule has 3 aromatic rings. The van der Waals surface area contributed by atoms with Gasteiger partial charge in [-0.05, 0) is 48.4 Å². The third-order valence-corrected chi connectivity index (χ3v) is 6.38. The van der Waals surface area contributed by atoms with E-state index in [1.165, 1.54) is 0 Å². The summed E-state index contributed by atoms with van der Waals surface area (Å²) in [6.07, 6.45) is 0.640. The number of carbonyl (C=O) groups excluding carboxylic acids is 2. The molecule has 1 fully saturated rings. The molecule has 4 rings (SSSR count). The molecule has 3 aromatic carbocycles. The third kappa shape index (κ3) is 5.57. The molecule has 1 aliphatic rings. The predicted octanol–water partition coefficient (Wildman–Crippen LogP) is 4.60. The minimum Gasteiger partial charge on any atom is -0.497 e. The first-order valence-corrected chi connectivity index (χ1v) is 11.5. The Morgan fingerprint density at radius 3 is 2.17 bits per heavy atom. The summed E-state index contributed by atoms with van der Waals surface area (Å²) in [5, 5.41) is 2.99. The first-order valence-electron chi connectivity index (χ1n) is 11.5. The molecule has 0 spiro atoms. The Morgan fingerprint density at radius 1 is 0.829 bits per heavy atom. The lowest BCUT2D eigenvalue weighted by Crippen LogP contribution is -2.46. The van der Waals surface area contributed by atoms with Crippen LogP contribution in [0.25, 0.3) is 0 Å². The van der Waals surface area contributed by atoms with Crippen LogP contribution in [0, 0.1) is 5.92 Å². The summed E-state index contributed by atoms with van der Waals surface area (Å²) in [5.41, 5.74) is 2.24. The highest BCUT2D eigenvalue weighted by Gasteiger charge is 2.35. The van der Waals surface area contributed by atoms with E-state index in [0.29, 0.717) is 48.0 Å². The molecule has 2 unspecified atom stereocenters. The number of rotatable bonds is 7. The van der Waals surface area contributed by atoms with E-state index in [4.69, 9.17) is 14.2 Å². The molecule has 1 saturated heterocycles. The summed E-state index contributed by atoms with van der Waals surface area (Å²) in [5.74, 6) is 1.24. The molecule has 0 bridgehead atoms. The lowest BCUT2D eigenvalue weighted by Gasteiger charge is -2.37. The van der Waals surface area contributed by atoms with Crippen LogP contribution in [0.5, 0.6) is 17.2 Å². The molecule has 182 valence electrons. The molecule has 0 aliphatic carbocycles. The van der Waals surface area contributed by atoms with E-state index >= 15 is 0 Å². The second-order valence-electron chi connectivity index (χ2n) is 8.53. The number of piperidine rings is 1. The number of nitrogens with zero attached hydrogens (tertiary/aromatic N) is 1. The summed E-state index contributed by atoms with van der Waals surface area (Å²) in [6.45, 7) is 0.878. The van der Waals surface area contributed by atoms with Gasteiger partial charge in [-0.1, -0.05) is 30.3 Å². The largest absolute Gasteiger partial charge is 0.497 e. The second kappa shape index (κ2) is 11.0. The number of benzene rings is 3. The molecule has 1 N–H and O–H groups in total. The molecular formula is C28H30N2O5. The van der Waals surface area contributed by atoms with Crippen LogP contribution >= 0.6 is 0 Å². The maximum absolute atomic E-state index is 13.4. The van der Waals surface area contributed by atoms with Gasteiger partial charge in [-0.25, -0.2) is 0 Å². The highest BCUT2D eigenvalue weighted by Crippen LogP contribution is 2.34. The Morgan fingerprint density at radius 2 is 1.51 bits per heavy atom. The molecule has 2 atom stereocenters. The molecule has 0 aromatic heterocycles. The lowest BCUT2D eigenvalue weighted by atomic mass is 9.83. The number of hydrogen-bond acceptors (Lipinski definition) is 5. The molecule has 2 amide bonds. The highest BCUT2D eigenvalue weighted by molar-refractivity contribution is 5.97. The van der Waals surface area contributed by atoms with Gasteiger partial charge in [0.25, 0.3) is 5.91 Å². The van der Waals surface area contributed by atoms with Crippen molar-refractivity contribution < 1.29 is 23.8 Å². The van der Waals surface area contributed by atoms with Gasteiger partial charge in [-0.3, -0.25) is 9.59 Å². The fraction of sp³-hybridized carbons (Fsp3) is 0.286. The van der Waals surface area contributed by atoms with Gasteiger partial charge in [-0.15, -0.1) is 0 Å².